The van der Waals surface area contributed by atoms with Gasteiger partial charge in [-0.15, -0.1) is 0 Å². The van der Waals surface area contributed by atoms with Gasteiger partial charge >= 0.3 is 0 Å². The molecule has 0 amide bonds. The second-order valence-corrected chi connectivity index (χ2v) is 8.94. The van der Waals surface area contributed by atoms with Crippen molar-refractivity contribution in [2.24, 2.45) is 5.16 Å². The highest BCUT2D eigenvalue weighted by Gasteiger charge is 2.19. The van der Waals surface area contributed by atoms with Gasteiger partial charge in [-0.05, 0) is 58.0 Å². The number of hydrogen-bond donors (Lipinski definition) is 1. The fourth-order valence-corrected chi connectivity index (χ4v) is 4.31. The number of aromatic nitrogens is 2. The number of sulfone groups is 1. The molecule has 1 heterocycles. The van der Waals surface area contributed by atoms with Crippen molar-refractivity contribution in [3.8, 4) is 0 Å². The lowest BCUT2D eigenvalue weighted by Gasteiger charge is -2.05. The topological polar surface area (TPSA) is 106 Å². The Morgan fingerprint density at radius 3 is 2.77 bits per heavy atom. The van der Waals surface area contributed by atoms with Crippen LogP contribution in [0.4, 0.5) is 4.39 Å². The van der Waals surface area contributed by atoms with Crippen LogP contribution in [0.15, 0.2) is 32.5 Å². The minimum absolute atomic E-state index is 0.0453. The first kappa shape index (κ1) is 20.5. The molecule has 0 aliphatic carbocycles. The minimum atomic E-state index is -3.08. The van der Waals surface area contributed by atoms with Crippen LogP contribution in [0, 0.1) is 5.82 Å². The van der Waals surface area contributed by atoms with Crippen LogP contribution < -0.4 is 0 Å². The molecule has 0 bridgehead atoms. The van der Waals surface area contributed by atoms with E-state index >= 15 is 0 Å². The van der Waals surface area contributed by atoms with E-state index < -0.39 is 15.7 Å². The van der Waals surface area contributed by atoms with Crippen LogP contribution in [-0.4, -0.2) is 41.2 Å². The molecule has 2 rings (SSSR count). The smallest absolute Gasteiger partial charge is 0.156 e. The number of nitrogens with zero attached hydrogens (tertiary/aromatic N) is 3. The number of hydrogen-bond acceptors (Lipinski definition) is 7. The van der Waals surface area contributed by atoms with Crippen LogP contribution in [0.5, 0.6) is 0 Å². The van der Waals surface area contributed by atoms with Crippen molar-refractivity contribution in [3.05, 3.63) is 45.4 Å². The second-order valence-electron chi connectivity index (χ2n) is 5.79. The molecular weight excluding hydrogens is 429 g/mol. The molecule has 0 aliphatic heterocycles. The summed E-state index contributed by atoms with van der Waals surface area (Å²) in [5.74, 6) is -0.197. The molecule has 1 aromatic carbocycles. The first-order valence-corrected chi connectivity index (χ1v) is 10.6. The van der Waals surface area contributed by atoms with Gasteiger partial charge in [-0.2, -0.15) is 0 Å². The van der Waals surface area contributed by atoms with Crippen LogP contribution in [0.3, 0.4) is 0 Å². The monoisotopic (exact) mass is 447 g/mol. The quantitative estimate of drug-likeness (QED) is 0.359. The minimum Gasteiger partial charge on any atom is -0.411 e. The molecule has 0 aliphatic rings. The van der Waals surface area contributed by atoms with Crippen molar-refractivity contribution in [2.75, 3.05) is 11.5 Å². The molecular formula is C16H19BrFN3O4S. The van der Waals surface area contributed by atoms with E-state index in [1.807, 2.05) is 6.92 Å². The predicted octanol–water partition coefficient (Wildman–Crippen LogP) is 3.15. The molecule has 2 aromatic rings. The largest absolute Gasteiger partial charge is 0.411 e. The summed E-state index contributed by atoms with van der Waals surface area (Å²) in [4.78, 5) is 0. The molecule has 0 saturated carbocycles. The van der Waals surface area contributed by atoms with Crippen LogP contribution in [0.25, 0.3) is 0 Å². The van der Waals surface area contributed by atoms with E-state index in [0.29, 0.717) is 35.0 Å². The van der Waals surface area contributed by atoms with Crippen molar-refractivity contribution in [3.63, 3.8) is 0 Å². The summed E-state index contributed by atoms with van der Waals surface area (Å²) < 4.78 is 41.9. The maximum absolute atomic E-state index is 13.3. The lowest BCUT2D eigenvalue weighted by Crippen LogP contribution is -2.13. The Kier molecular flexibility index (Phi) is 7.27. The molecule has 10 heteroatoms. The van der Waals surface area contributed by atoms with E-state index in [1.54, 1.807) is 12.1 Å². The van der Waals surface area contributed by atoms with E-state index in [9.17, 15) is 18.0 Å². The van der Waals surface area contributed by atoms with Crippen molar-refractivity contribution in [2.45, 2.75) is 32.6 Å². The summed E-state index contributed by atoms with van der Waals surface area (Å²) in [7, 11) is -3.08. The molecule has 0 unspecified atom stereocenters. The highest BCUT2D eigenvalue weighted by atomic mass is 79.9. The lowest BCUT2D eigenvalue weighted by atomic mass is 10.0. The summed E-state index contributed by atoms with van der Waals surface area (Å²) >= 11 is 3.11. The van der Waals surface area contributed by atoms with Gasteiger partial charge in [0.2, 0.25) is 0 Å². The highest BCUT2D eigenvalue weighted by Crippen LogP contribution is 2.19. The molecule has 26 heavy (non-hydrogen) atoms. The third kappa shape index (κ3) is 5.60. The normalized spacial score (nSPS) is 12.5. The van der Waals surface area contributed by atoms with E-state index in [0.717, 1.165) is 0 Å². The van der Waals surface area contributed by atoms with Gasteiger partial charge in [-0.1, -0.05) is 23.3 Å². The summed E-state index contributed by atoms with van der Waals surface area (Å²) in [5.41, 5.74) is 1.59. The number of benzene rings is 1. The van der Waals surface area contributed by atoms with Crippen LogP contribution in [0.1, 0.15) is 36.7 Å². The Morgan fingerprint density at radius 1 is 1.35 bits per heavy atom. The van der Waals surface area contributed by atoms with E-state index in [1.165, 1.54) is 6.07 Å². The SMILES string of the molecule is CCCS(=O)(=O)CCCc1nonc1/C(Cc1ccc(F)c(Br)c1)=N/O. The highest BCUT2D eigenvalue weighted by molar-refractivity contribution is 9.10. The Bertz CT molecular complexity index is 883. The van der Waals surface area contributed by atoms with Crippen LogP contribution in [0.2, 0.25) is 0 Å². The van der Waals surface area contributed by atoms with Gasteiger partial charge in [0, 0.05) is 12.2 Å². The maximum Gasteiger partial charge on any atom is 0.156 e. The average Bonchev–Trinajstić information content (AvgIpc) is 3.04. The Morgan fingerprint density at radius 2 is 2.12 bits per heavy atom. The molecule has 7 nitrogen and oxygen atoms in total. The first-order valence-electron chi connectivity index (χ1n) is 8.03. The summed E-state index contributed by atoms with van der Waals surface area (Å²) in [5, 5.41) is 20.1. The Hall–Kier alpha value is -1.81. The number of halogens is 2. The molecule has 0 fully saturated rings. The fourth-order valence-electron chi connectivity index (χ4n) is 2.47. The summed E-state index contributed by atoms with van der Waals surface area (Å²) in [6, 6.07) is 4.44. The van der Waals surface area contributed by atoms with Crippen LogP contribution in [-0.2, 0) is 22.7 Å². The van der Waals surface area contributed by atoms with Gasteiger partial charge in [-0.3, -0.25) is 0 Å². The molecule has 142 valence electrons. The van der Waals surface area contributed by atoms with Gasteiger partial charge in [-0.25, -0.2) is 17.4 Å². The summed E-state index contributed by atoms with van der Waals surface area (Å²) in [6.07, 6.45) is 1.45. The lowest BCUT2D eigenvalue weighted by molar-refractivity contribution is 0.300. The zero-order valence-electron chi connectivity index (χ0n) is 14.2. The van der Waals surface area contributed by atoms with Gasteiger partial charge in [0.15, 0.2) is 5.69 Å². The molecule has 0 saturated heterocycles. The third-order valence-electron chi connectivity index (χ3n) is 3.69. The Labute approximate surface area is 159 Å². The van der Waals surface area contributed by atoms with Crippen molar-refractivity contribution in [1.29, 1.82) is 0 Å². The molecule has 0 atom stereocenters. The molecule has 0 radical (unpaired) electrons. The van der Waals surface area contributed by atoms with Gasteiger partial charge in [0.25, 0.3) is 0 Å². The van der Waals surface area contributed by atoms with E-state index in [-0.39, 0.29) is 29.3 Å². The third-order valence-corrected chi connectivity index (χ3v) is 6.24. The first-order chi connectivity index (χ1) is 12.4. The zero-order chi connectivity index (χ0) is 19.2. The average molecular weight is 448 g/mol. The molecule has 1 N–H and O–H groups in total. The molecule has 1 aromatic heterocycles. The standard InChI is InChI=1S/C16H19BrFN3O4S/c1-2-7-26(23,24)8-3-4-14-16(21-25-20-14)15(19-22)10-11-5-6-13(18)12(17)9-11/h5-6,9,22H,2-4,7-8,10H2,1H3/b19-15+. The van der Waals surface area contributed by atoms with Crippen molar-refractivity contribution >= 4 is 31.5 Å². The van der Waals surface area contributed by atoms with Gasteiger partial charge in [0.05, 0.1) is 10.2 Å². The van der Waals surface area contributed by atoms with Crippen LogP contribution >= 0.6 is 15.9 Å². The van der Waals surface area contributed by atoms with E-state index in [2.05, 4.69) is 31.4 Å². The fraction of sp³-hybridized carbons (Fsp3) is 0.438. The van der Waals surface area contributed by atoms with Gasteiger partial charge in [0.1, 0.15) is 27.1 Å². The van der Waals surface area contributed by atoms with E-state index in [4.69, 9.17) is 4.63 Å². The number of oxime groups is 1. The van der Waals surface area contributed by atoms with Crippen molar-refractivity contribution < 1.29 is 22.6 Å². The van der Waals surface area contributed by atoms with Gasteiger partial charge < -0.3 is 5.21 Å². The zero-order valence-corrected chi connectivity index (χ0v) is 16.6. The number of rotatable bonds is 9. The maximum atomic E-state index is 13.3. The van der Waals surface area contributed by atoms with Crippen molar-refractivity contribution in [1.82, 2.24) is 10.3 Å². The Balaban J connectivity index is 2.08. The molecule has 0 spiro atoms. The second kappa shape index (κ2) is 9.22. The summed E-state index contributed by atoms with van der Waals surface area (Å²) in [6.45, 7) is 1.81. The number of aryl methyl sites for hydroxylation is 1. The predicted molar refractivity (Wildman–Crippen MR) is 97.7 cm³/mol.